The highest BCUT2D eigenvalue weighted by molar-refractivity contribution is 9.10. The molecule has 0 aliphatic carbocycles. The Balaban J connectivity index is 2.25. The zero-order chi connectivity index (χ0) is 18.0. The molecule has 24 heavy (non-hydrogen) atoms. The van der Waals surface area contributed by atoms with Gasteiger partial charge in [0.2, 0.25) is 0 Å². The van der Waals surface area contributed by atoms with Crippen LogP contribution in [0.3, 0.4) is 0 Å². The van der Waals surface area contributed by atoms with Gasteiger partial charge < -0.3 is 0 Å². The van der Waals surface area contributed by atoms with Crippen molar-refractivity contribution in [1.82, 2.24) is 4.83 Å². The number of benzene rings is 2. The molecule has 0 aromatic heterocycles. The molecule has 2 aromatic rings. The lowest BCUT2D eigenvalue weighted by atomic mass is 9.87. The van der Waals surface area contributed by atoms with E-state index in [1.807, 2.05) is 57.2 Å². The van der Waals surface area contributed by atoms with E-state index in [2.05, 4.69) is 25.9 Å². The zero-order valence-corrected chi connectivity index (χ0v) is 16.6. The van der Waals surface area contributed by atoms with Crippen LogP contribution in [0.15, 0.2) is 56.9 Å². The molecule has 0 saturated heterocycles. The Hall–Kier alpha value is -1.66. The number of hydrogen-bond donors (Lipinski definition) is 1. The number of sulfonamides is 1. The molecule has 2 aromatic carbocycles. The van der Waals surface area contributed by atoms with E-state index >= 15 is 0 Å². The summed E-state index contributed by atoms with van der Waals surface area (Å²) in [5.74, 6) is 0. The number of hydrogen-bond acceptors (Lipinski definition) is 3. The lowest BCUT2D eigenvalue weighted by molar-refractivity contribution is 0.577. The van der Waals surface area contributed by atoms with Gasteiger partial charge in [-0.3, -0.25) is 0 Å². The minimum Gasteiger partial charge on any atom is -0.200 e. The summed E-state index contributed by atoms with van der Waals surface area (Å²) < 4.78 is 26.0. The largest absolute Gasteiger partial charge is 0.276 e. The first-order chi connectivity index (χ1) is 11.1. The molecule has 0 radical (unpaired) electrons. The van der Waals surface area contributed by atoms with E-state index in [0.717, 1.165) is 15.6 Å². The number of hydrazone groups is 1. The molecule has 1 N–H and O–H groups in total. The average molecular weight is 409 g/mol. The van der Waals surface area contributed by atoms with Crippen LogP contribution in [0, 0.1) is 6.92 Å². The molecule has 0 heterocycles. The fourth-order valence-electron chi connectivity index (χ4n) is 2.12. The van der Waals surface area contributed by atoms with Crippen molar-refractivity contribution in [2.45, 2.75) is 38.0 Å². The van der Waals surface area contributed by atoms with Crippen molar-refractivity contribution in [3.63, 3.8) is 0 Å². The second-order valence-electron chi connectivity index (χ2n) is 6.63. The lowest BCUT2D eigenvalue weighted by Gasteiger charge is -2.20. The fourth-order valence-corrected chi connectivity index (χ4v) is 3.45. The molecule has 128 valence electrons. The molecule has 0 atom stereocenters. The Morgan fingerprint density at radius 3 is 2.29 bits per heavy atom. The van der Waals surface area contributed by atoms with Gasteiger partial charge in [-0.05, 0) is 47.2 Å². The van der Waals surface area contributed by atoms with Crippen LogP contribution >= 0.6 is 15.9 Å². The third-order valence-electron chi connectivity index (χ3n) is 3.60. The van der Waals surface area contributed by atoms with Crippen molar-refractivity contribution in [3.8, 4) is 0 Å². The van der Waals surface area contributed by atoms with Crippen molar-refractivity contribution >= 4 is 32.2 Å². The molecule has 0 amide bonds. The summed E-state index contributed by atoms with van der Waals surface area (Å²) in [6.07, 6.45) is 1.48. The summed E-state index contributed by atoms with van der Waals surface area (Å²) >= 11 is 3.35. The quantitative estimate of drug-likeness (QED) is 0.602. The molecule has 0 aliphatic rings. The summed E-state index contributed by atoms with van der Waals surface area (Å²) in [4.78, 5) is 2.54. The molecule has 0 unspecified atom stereocenters. The Morgan fingerprint density at radius 1 is 1.08 bits per heavy atom. The number of rotatable bonds is 4. The summed E-state index contributed by atoms with van der Waals surface area (Å²) in [6, 6.07) is 12.9. The summed E-state index contributed by atoms with van der Waals surface area (Å²) in [5.41, 5.74) is 2.33. The SMILES string of the molecule is Cc1ccc(C(C)(C)C)cc1S(=O)(=O)N/N=C/c1ccc(Br)cc1. The molecule has 2 rings (SSSR count). The van der Waals surface area contributed by atoms with Crippen LogP contribution in [-0.2, 0) is 15.4 Å². The molecular weight excluding hydrogens is 388 g/mol. The lowest BCUT2D eigenvalue weighted by Crippen LogP contribution is -2.21. The van der Waals surface area contributed by atoms with Gasteiger partial charge in [0.25, 0.3) is 10.0 Å². The Bertz CT molecular complexity index is 852. The fraction of sp³-hybridized carbons (Fsp3) is 0.278. The van der Waals surface area contributed by atoms with E-state index in [4.69, 9.17) is 0 Å². The van der Waals surface area contributed by atoms with Crippen LogP contribution < -0.4 is 4.83 Å². The molecule has 0 fully saturated rings. The molecular formula is C18H21BrN2O2S. The molecule has 0 saturated carbocycles. The maximum Gasteiger partial charge on any atom is 0.276 e. The second-order valence-corrected chi connectivity index (χ2v) is 9.18. The van der Waals surface area contributed by atoms with E-state index in [0.29, 0.717) is 5.56 Å². The van der Waals surface area contributed by atoms with Crippen LogP contribution in [0.1, 0.15) is 37.5 Å². The Morgan fingerprint density at radius 2 is 1.71 bits per heavy atom. The minimum atomic E-state index is -3.71. The van der Waals surface area contributed by atoms with Gasteiger partial charge in [0.05, 0.1) is 11.1 Å². The van der Waals surface area contributed by atoms with Gasteiger partial charge in [0, 0.05) is 4.47 Å². The molecule has 4 nitrogen and oxygen atoms in total. The molecule has 0 spiro atoms. The monoisotopic (exact) mass is 408 g/mol. The van der Waals surface area contributed by atoms with Crippen molar-refractivity contribution in [2.75, 3.05) is 0 Å². The molecule has 0 aliphatic heterocycles. The van der Waals surface area contributed by atoms with E-state index in [1.54, 1.807) is 13.0 Å². The van der Waals surface area contributed by atoms with Crippen molar-refractivity contribution in [1.29, 1.82) is 0 Å². The first kappa shape index (κ1) is 18.7. The van der Waals surface area contributed by atoms with Crippen LogP contribution in [0.2, 0.25) is 0 Å². The van der Waals surface area contributed by atoms with E-state index in [-0.39, 0.29) is 10.3 Å². The van der Waals surface area contributed by atoms with E-state index in [9.17, 15) is 8.42 Å². The predicted octanol–water partition coefficient (Wildman–Crippen LogP) is 4.37. The van der Waals surface area contributed by atoms with Gasteiger partial charge in [0.1, 0.15) is 0 Å². The Kier molecular flexibility index (Phi) is 5.50. The highest BCUT2D eigenvalue weighted by atomic mass is 79.9. The standard InChI is InChI=1S/C18H21BrN2O2S/c1-13-5-8-15(18(2,3)4)11-17(13)24(22,23)21-20-12-14-6-9-16(19)10-7-14/h5-12,21H,1-4H3/b20-12+. The summed E-state index contributed by atoms with van der Waals surface area (Å²) in [7, 11) is -3.71. The zero-order valence-electron chi connectivity index (χ0n) is 14.2. The predicted molar refractivity (Wildman–Crippen MR) is 102 cm³/mol. The van der Waals surface area contributed by atoms with Gasteiger partial charge in [-0.15, -0.1) is 0 Å². The molecule has 6 heteroatoms. The Labute approximate surface area is 152 Å². The van der Waals surface area contributed by atoms with Crippen LogP contribution in [0.5, 0.6) is 0 Å². The van der Waals surface area contributed by atoms with E-state index in [1.165, 1.54) is 6.21 Å². The van der Waals surface area contributed by atoms with Gasteiger partial charge in [-0.2, -0.15) is 13.5 Å². The van der Waals surface area contributed by atoms with Crippen molar-refractivity contribution in [3.05, 3.63) is 63.6 Å². The van der Waals surface area contributed by atoms with Crippen molar-refractivity contribution in [2.24, 2.45) is 5.10 Å². The van der Waals surface area contributed by atoms with Gasteiger partial charge in [-0.25, -0.2) is 4.83 Å². The van der Waals surface area contributed by atoms with Crippen LogP contribution in [0.25, 0.3) is 0 Å². The minimum absolute atomic E-state index is 0.126. The van der Waals surface area contributed by atoms with E-state index < -0.39 is 10.0 Å². The highest BCUT2D eigenvalue weighted by Crippen LogP contribution is 2.26. The maximum atomic E-state index is 12.5. The van der Waals surface area contributed by atoms with Gasteiger partial charge in [-0.1, -0.05) is 61.0 Å². The normalized spacial score (nSPS) is 12.5. The molecule has 0 bridgehead atoms. The first-order valence-electron chi connectivity index (χ1n) is 7.51. The van der Waals surface area contributed by atoms with Crippen LogP contribution in [0.4, 0.5) is 0 Å². The topological polar surface area (TPSA) is 58.5 Å². The van der Waals surface area contributed by atoms with Gasteiger partial charge in [0.15, 0.2) is 0 Å². The highest BCUT2D eigenvalue weighted by Gasteiger charge is 2.20. The summed E-state index contributed by atoms with van der Waals surface area (Å²) in [5, 5.41) is 3.87. The summed E-state index contributed by atoms with van der Waals surface area (Å²) in [6.45, 7) is 7.92. The second kappa shape index (κ2) is 7.07. The van der Waals surface area contributed by atoms with Crippen LogP contribution in [-0.4, -0.2) is 14.6 Å². The number of halogens is 1. The first-order valence-corrected chi connectivity index (χ1v) is 9.79. The third kappa shape index (κ3) is 4.68. The third-order valence-corrected chi connectivity index (χ3v) is 5.49. The number of aryl methyl sites for hydroxylation is 1. The average Bonchev–Trinajstić information content (AvgIpc) is 2.48. The number of nitrogens with one attached hydrogen (secondary N) is 1. The smallest absolute Gasteiger partial charge is 0.200 e. The number of nitrogens with zero attached hydrogens (tertiary/aromatic N) is 1. The maximum absolute atomic E-state index is 12.5. The van der Waals surface area contributed by atoms with Crippen molar-refractivity contribution < 1.29 is 8.42 Å². The van der Waals surface area contributed by atoms with Gasteiger partial charge >= 0.3 is 0 Å².